The topological polar surface area (TPSA) is 23.5 Å². The average Bonchev–Trinajstić information content (AvgIpc) is 2.26. The van der Waals surface area contributed by atoms with Crippen LogP contribution in [-0.2, 0) is 0 Å². The van der Waals surface area contributed by atoms with E-state index < -0.39 is 0 Å². The van der Waals surface area contributed by atoms with Crippen LogP contribution in [0.1, 0.15) is 26.7 Å². The Kier molecular flexibility index (Phi) is 3.34. The van der Waals surface area contributed by atoms with E-state index in [1.54, 1.807) is 0 Å². The second-order valence-electron chi connectivity index (χ2n) is 3.76. The highest BCUT2D eigenvalue weighted by atomic mass is 16.3. The first kappa shape index (κ1) is 9.01. The molecular formula is C9H19NO. The lowest BCUT2D eigenvalue weighted by Crippen LogP contribution is -2.28. The van der Waals surface area contributed by atoms with Crippen LogP contribution in [0.3, 0.4) is 0 Å². The first-order valence-corrected chi connectivity index (χ1v) is 4.59. The van der Waals surface area contributed by atoms with E-state index in [4.69, 9.17) is 5.11 Å². The Labute approximate surface area is 69.2 Å². The summed E-state index contributed by atoms with van der Waals surface area (Å²) < 4.78 is 0. The van der Waals surface area contributed by atoms with Crippen molar-refractivity contribution >= 4 is 0 Å². The Morgan fingerprint density at radius 2 is 2.18 bits per heavy atom. The molecular weight excluding hydrogens is 138 g/mol. The minimum absolute atomic E-state index is 0.331. The van der Waals surface area contributed by atoms with Gasteiger partial charge in [-0.3, -0.25) is 0 Å². The summed E-state index contributed by atoms with van der Waals surface area (Å²) in [5.74, 6) is 0.851. The summed E-state index contributed by atoms with van der Waals surface area (Å²) >= 11 is 0. The van der Waals surface area contributed by atoms with Gasteiger partial charge in [-0.25, -0.2) is 0 Å². The second kappa shape index (κ2) is 4.07. The van der Waals surface area contributed by atoms with Crippen molar-refractivity contribution in [3.8, 4) is 0 Å². The first-order valence-electron chi connectivity index (χ1n) is 4.59. The predicted molar refractivity (Wildman–Crippen MR) is 46.5 cm³/mol. The molecule has 0 aromatic carbocycles. The van der Waals surface area contributed by atoms with Crippen LogP contribution < -0.4 is 0 Å². The molecule has 0 saturated carbocycles. The fourth-order valence-corrected chi connectivity index (χ4v) is 1.97. The van der Waals surface area contributed by atoms with Gasteiger partial charge in [-0.2, -0.15) is 0 Å². The van der Waals surface area contributed by atoms with Gasteiger partial charge in [0.1, 0.15) is 0 Å². The summed E-state index contributed by atoms with van der Waals surface area (Å²) in [5, 5.41) is 8.65. The molecule has 0 spiro atoms. The van der Waals surface area contributed by atoms with Crippen molar-refractivity contribution in [3.05, 3.63) is 0 Å². The van der Waals surface area contributed by atoms with E-state index in [0.717, 1.165) is 24.9 Å². The minimum atomic E-state index is 0.331. The van der Waals surface area contributed by atoms with Crippen LogP contribution in [0, 0.1) is 5.92 Å². The van der Waals surface area contributed by atoms with Crippen molar-refractivity contribution in [3.63, 3.8) is 0 Å². The molecule has 2 unspecified atom stereocenters. The third-order valence-electron chi connectivity index (χ3n) is 2.52. The summed E-state index contributed by atoms with van der Waals surface area (Å²) in [7, 11) is 0. The maximum Gasteiger partial charge on any atom is 0.0443 e. The summed E-state index contributed by atoms with van der Waals surface area (Å²) in [6.07, 6.45) is 2.25. The number of rotatable bonds is 3. The van der Waals surface area contributed by atoms with E-state index in [9.17, 15) is 0 Å². The lowest BCUT2D eigenvalue weighted by Gasteiger charge is -2.19. The summed E-state index contributed by atoms with van der Waals surface area (Å²) in [6, 6.07) is 0.733. The monoisotopic (exact) mass is 157 g/mol. The van der Waals surface area contributed by atoms with Gasteiger partial charge in [0, 0.05) is 25.7 Å². The Morgan fingerprint density at radius 3 is 2.64 bits per heavy atom. The van der Waals surface area contributed by atoms with Crippen LogP contribution >= 0.6 is 0 Å². The molecule has 0 radical (unpaired) electrons. The molecule has 0 bridgehead atoms. The molecule has 0 aromatic rings. The molecule has 0 aliphatic carbocycles. The zero-order valence-electron chi connectivity index (χ0n) is 7.58. The van der Waals surface area contributed by atoms with Gasteiger partial charge in [-0.15, -0.1) is 0 Å². The Hall–Kier alpha value is -0.0800. The predicted octanol–water partition coefficient (Wildman–Crippen LogP) is 1.10. The van der Waals surface area contributed by atoms with Crippen LogP contribution in [0.5, 0.6) is 0 Å². The lowest BCUT2D eigenvalue weighted by atomic mass is 10.1. The average molecular weight is 157 g/mol. The van der Waals surface area contributed by atoms with E-state index >= 15 is 0 Å². The molecule has 0 aromatic heterocycles. The molecule has 1 heterocycles. The third-order valence-corrected chi connectivity index (χ3v) is 2.52. The Bertz CT molecular complexity index is 116. The zero-order chi connectivity index (χ0) is 8.27. The van der Waals surface area contributed by atoms with E-state index in [2.05, 4.69) is 18.7 Å². The highest BCUT2D eigenvalue weighted by molar-refractivity contribution is 4.79. The number of hydrogen-bond donors (Lipinski definition) is 1. The van der Waals surface area contributed by atoms with Gasteiger partial charge in [0.25, 0.3) is 0 Å². The molecule has 0 amide bonds. The molecule has 1 aliphatic rings. The second-order valence-corrected chi connectivity index (χ2v) is 3.76. The quantitative estimate of drug-likeness (QED) is 0.663. The van der Waals surface area contributed by atoms with E-state index in [1.807, 2.05) is 0 Å². The molecule has 1 saturated heterocycles. The lowest BCUT2D eigenvalue weighted by molar-refractivity contribution is 0.218. The van der Waals surface area contributed by atoms with Crippen molar-refractivity contribution in [2.24, 2.45) is 5.92 Å². The highest BCUT2D eigenvalue weighted by Crippen LogP contribution is 2.21. The summed E-state index contributed by atoms with van der Waals surface area (Å²) in [6.45, 7) is 7.21. The maximum atomic E-state index is 8.65. The van der Waals surface area contributed by atoms with Crippen LogP contribution in [-0.4, -0.2) is 35.7 Å². The van der Waals surface area contributed by atoms with Crippen LogP contribution in [0.2, 0.25) is 0 Å². The standard InChI is InChI=1S/C9H19NO/c1-8-6-9(2)10(7-8)4-3-5-11/h8-9,11H,3-7H2,1-2H3. The van der Waals surface area contributed by atoms with Crippen molar-refractivity contribution in [2.45, 2.75) is 32.7 Å². The van der Waals surface area contributed by atoms with Gasteiger partial charge in [0.05, 0.1) is 0 Å². The van der Waals surface area contributed by atoms with Gasteiger partial charge in [-0.1, -0.05) is 6.92 Å². The molecule has 1 fully saturated rings. The van der Waals surface area contributed by atoms with Gasteiger partial charge < -0.3 is 10.0 Å². The van der Waals surface area contributed by atoms with Crippen LogP contribution in [0.25, 0.3) is 0 Å². The molecule has 2 nitrogen and oxygen atoms in total. The molecule has 2 atom stereocenters. The smallest absolute Gasteiger partial charge is 0.0443 e. The molecule has 11 heavy (non-hydrogen) atoms. The Balaban J connectivity index is 2.23. The fourth-order valence-electron chi connectivity index (χ4n) is 1.97. The first-order chi connectivity index (χ1) is 5.24. The van der Waals surface area contributed by atoms with Crippen LogP contribution in [0.4, 0.5) is 0 Å². The number of hydrogen-bond acceptors (Lipinski definition) is 2. The van der Waals surface area contributed by atoms with Crippen molar-refractivity contribution in [1.29, 1.82) is 0 Å². The third kappa shape index (κ3) is 2.46. The molecule has 66 valence electrons. The van der Waals surface area contributed by atoms with Gasteiger partial charge in [0.15, 0.2) is 0 Å². The van der Waals surface area contributed by atoms with Gasteiger partial charge in [-0.05, 0) is 25.7 Å². The number of likely N-dealkylation sites (tertiary alicyclic amines) is 1. The van der Waals surface area contributed by atoms with E-state index in [1.165, 1.54) is 13.0 Å². The zero-order valence-corrected chi connectivity index (χ0v) is 7.58. The van der Waals surface area contributed by atoms with Crippen LogP contribution in [0.15, 0.2) is 0 Å². The van der Waals surface area contributed by atoms with Crippen molar-refractivity contribution in [2.75, 3.05) is 19.7 Å². The van der Waals surface area contributed by atoms with Gasteiger partial charge in [0.2, 0.25) is 0 Å². The number of aliphatic hydroxyl groups is 1. The molecule has 1 rings (SSSR count). The minimum Gasteiger partial charge on any atom is -0.396 e. The largest absolute Gasteiger partial charge is 0.396 e. The number of nitrogens with zero attached hydrogens (tertiary/aromatic N) is 1. The maximum absolute atomic E-state index is 8.65. The SMILES string of the molecule is CC1CC(C)N(CCCO)C1. The normalized spacial score (nSPS) is 33.0. The number of aliphatic hydroxyl groups excluding tert-OH is 1. The van der Waals surface area contributed by atoms with E-state index in [-0.39, 0.29) is 0 Å². The summed E-state index contributed by atoms with van der Waals surface area (Å²) in [4.78, 5) is 2.47. The molecule has 1 aliphatic heterocycles. The molecule has 1 N–H and O–H groups in total. The van der Waals surface area contributed by atoms with Crippen molar-refractivity contribution in [1.82, 2.24) is 4.90 Å². The Morgan fingerprint density at radius 1 is 1.45 bits per heavy atom. The van der Waals surface area contributed by atoms with Crippen molar-refractivity contribution < 1.29 is 5.11 Å². The van der Waals surface area contributed by atoms with E-state index in [0.29, 0.717) is 6.61 Å². The van der Waals surface area contributed by atoms with Gasteiger partial charge >= 0.3 is 0 Å². The summed E-state index contributed by atoms with van der Waals surface area (Å²) in [5.41, 5.74) is 0. The fraction of sp³-hybridized carbons (Fsp3) is 1.00. The highest BCUT2D eigenvalue weighted by Gasteiger charge is 2.24. The molecule has 2 heteroatoms.